The molecule has 0 atom stereocenters. The van der Waals surface area contributed by atoms with Crippen molar-refractivity contribution in [3.05, 3.63) is 42.2 Å². The molecule has 0 spiro atoms. The average molecular weight is 549 g/mol. The van der Waals surface area contributed by atoms with Gasteiger partial charge in [-0.2, -0.15) is 0 Å². The highest BCUT2D eigenvalue weighted by molar-refractivity contribution is 5.55. The molecule has 1 aromatic carbocycles. The highest BCUT2D eigenvalue weighted by Crippen LogP contribution is 2.34. The van der Waals surface area contributed by atoms with Gasteiger partial charge in [0.05, 0.1) is 6.61 Å². The zero-order valence-corrected chi connectivity index (χ0v) is 26.2. The summed E-state index contributed by atoms with van der Waals surface area (Å²) in [5, 5.41) is 0. The number of ether oxygens (including phenoxy) is 1. The van der Waals surface area contributed by atoms with Crippen LogP contribution in [0.25, 0.3) is 11.4 Å². The lowest BCUT2D eigenvalue weighted by atomic mass is 9.78. The highest BCUT2D eigenvalue weighted by Gasteiger charge is 2.20. The molecule has 1 aliphatic carbocycles. The quantitative estimate of drug-likeness (QED) is 0.137. The molecule has 1 aromatic heterocycles. The van der Waals surface area contributed by atoms with Gasteiger partial charge in [0.15, 0.2) is 5.82 Å². The van der Waals surface area contributed by atoms with Gasteiger partial charge in [0.25, 0.3) is 0 Å². The normalized spacial score (nSPS) is 17.2. The monoisotopic (exact) mass is 548 g/mol. The van der Waals surface area contributed by atoms with Crippen molar-refractivity contribution in [1.29, 1.82) is 0 Å². The van der Waals surface area contributed by atoms with Crippen LogP contribution in [0.15, 0.2) is 36.7 Å². The van der Waals surface area contributed by atoms with Crippen molar-refractivity contribution in [2.45, 2.75) is 155 Å². The first kappa shape index (κ1) is 32.6. The molecule has 3 nitrogen and oxygen atoms in total. The van der Waals surface area contributed by atoms with Crippen LogP contribution in [0.1, 0.15) is 154 Å². The molecule has 1 heterocycles. The van der Waals surface area contributed by atoms with Gasteiger partial charge in [-0.25, -0.2) is 9.97 Å². The van der Waals surface area contributed by atoms with Gasteiger partial charge in [-0.3, -0.25) is 0 Å². The molecule has 0 unspecified atom stereocenters. The van der Waals surface area contributed by atoms with Gasteiger partial charge >= 0.3 is 0 Å². The number of aryl methyl sites for hydroxylation is 1. The van der Waals surface area contributed by atoms with Gasteiger partial charge in [0.1, 0.15) is 5.75 Å². The Labute approximate surface area is 247 Å². The zero-order chi connectivity index (χ0) is 28.1. The van der Waals surface area contributed by atoms with Gasteiger partial charge in [-0.15, -0.1) is 0 Å². The first-order chi connectivity index (χ1) is 19.8. The zero-order valence-electron chi connectivity index (χ0n) is 26.2. The fourth-order valence-corrected chi connectivity index (χ4v) is 6.33. The lowest BCUT2D eigenvalue weighted by molar-refractivity contribution is 0.248. The van der Waals surface area contributed by atoms with Crippen molar-refractivity contribution in [2.75, 3.05) is 6.61 Å². The third-order valence-electron chi connectivity index (χ3n) is 9.11. The number of aromatic nitrogens is 2. The Morgan fingerprint density at radius 3 is 1.68 bits per heavy atom. The molecule has 0 radical (unpaired) electrons. The highest BCUT2D eigenvalue weighted by atomic mass is 16.5. The van der Waals surface area contributed by atoms with Crippen molar-refractivity contribution >= 4 is 0 Å². The second-order valence-corrected chi connectivity index (χ2v) is 12.6. The first-order valence-electron chi connectivity index (χ1n) is 17.3. The number of unbranched alkanes of at least 4 members (excludes halogenated alkanes) is 13. The Balaban J connectivity index is 1.25. The third-order valence-corrected chi connectivity index (χ3v) is 9.11. The number of hydrogen-bond acceptors (Lipinski definition) is 3. The summed E-state index contributed by atoms with van der Waals surface area (Å²) in [7, 11) is 0. The Bertz CT molecular complexity index is 855. The van der Waals surface area contributed by atoms with E-state index in [-0.39, 0.29) is 0 Å². The van der Waals surface area contributed by atoms with Crippen LogP contribution in [0.4, 0.5) is 0 Å². The Hall–Kier alpha value is -1.90. The standard InChI is InChI=1S/C37H60N2O/c1-3-5-7-9-10-11-12-13-15-17-29-40-36-27-25-35(26-28-36)37-38-30-34(31-39-37)24-23-33-21-19-32(20-22-33)18-16-14-8-6-4-2/h25-28,30-33H,3-24,29H2,1-2H3. The molecule has 1 saturated carbocycles. The summed E-state index contributed by atoms with van der Waals surface area (Å²) < 4.78 is 5.98. The SMILES string of the molecule is CCCCCCCCCCCCOc1ccc(-c2ncc(CCC3CCC(CCCCCCC)CC3)cn2)cc1. The molecule has 2 aromatic rings. The minimum atomic E-state index is 0.807. The summed E-state index contributed by atoms with van der Waals surface area (Å²) in [4.78, 5) is 9.38. The number of benzene rings is 1. The summed E-state index contributed by atoms with van der Waals surface area (Å²) in [5.74, 6) is 3.65. The lowest BCUT2D eigenvalue weighted by Crippen LogP contribution is -2.15. The van der Waals surface area contributed by atoms with Gasteiger partial charge in [0.2, 0.25) is 0 Å². The summed E-state index contributed by atoms with van der Waals surface area (Å²) >= 11 is 0. The molecule has 0 bridgehead atoms. The van der Waals surface area contributed by atoms with E-state index in [0.717, 1.165) is 48.4 Å². The number of hydrogen-bond donors (Lipinski definition) is 0. The van der Waals surface area contributed by atoms with Gasteiger partial charge in [0, 0.05) is 18.0 Å². The van der Waals surface area contributed by atoms with E-state index in [9.17, 15) is 0 Å². The smallest absolute Gasteiger partial charge is 0.159 e. The molecule has 3 rings (SSSR count). The summed E-state index contributed by atoms with van der Waals surface area (Å²) in [6.45, 7) is 5.39. The van der Waals surface area contributed by atoms with Crippen LogP contribution in [-0.4, -0.2) is 16.6 Å². The van der Waals surface area contributed by atoms with E-state index in [4.69, 9.17) is 4.74 Å². The average Bonchev–Trinajstić information content (AvgIpc) is 3.00. The predicted octanol–water partition coefficient (Wildman–Crippen LogP) is 11.5. The lowest BCUT2D eigenvalue weighted by Gasteiger charge is -2.28. The minimum absolute atomic E-state index is 0.807. The molecular weight excluding hydrogens is 488 g/mol. The van der Waals surface area contributed by atoms with Gasteiger partial charge in [-0.05, 0) is 60.9 Å². The Kier molecular flexibility index (Phi) is 17.0. The summed E-state index contributed by atoms with van der Waals surface area (Å²) in [5.41, 5.74) is 2.34. The molecule has 1 aliphatic rings. The van der Waals surface area contributed by atoms with Gasteiger partial charge in [-0.1, -0.05) is 136 Å². The van der Waals surface area contributed by atoms with Crippen LogP contribution in [0.5, 0.6) is 5.75 Å². The molecule has 0 amide bonds. The molecule has 0 saturated heterocycles. The van der Waals surface area contributed by atoms with Crippen molar-refractivity contribution in [3.63, 3.8) is 0 Å². The number of nitrogens with zero attached hydrogens (tertiary/aromatic N) is 2. The van der Waals surface area contributed by atoms with E-state index in [2.05, 4.69) is 48.1 Å². The summed E-state index contributed by atoms with van der Waals surface area (Å²) in [6, 6.07) is 8.30. The third kappa shape index (κ3) is 13.6. The van der Waals surface area contributed by atoms with E-state index in [1.54, 1.807) is 0 Å². The van der Waals surface area contributed by atoms with Crippen molar-refractivity contribution < 1.29 is 4.74 Å². The molecule has 0 aliphatic heterocycles. The van der Waals surface area contributed by atoms with E-state index < -0.39 is 0 Å². The van der Waals surface area contributed by atoms with Crippen LogP contribution >= 0.6 is 0 Å². The van der Waals surface area contributed by atoms with Crippen LogP contribution in [0.3, 0.4) is 0 Å². The summed E-state index contributed by atoms with van der Waals surface area (Å²) in [6.07, 6.45) is 34.3. The van der Waals surface area contributed by atoms with E-state index in [1.165, 1.54) is 134 Å². The maximum Gasteiger partial charge on any atom is 0.159 e. The fraction of sp³-hybridized carbons (Fsp3) is 0.730. The Morgan fingerprint density at radius 1 is 0.600 bits per heavy atom. The van der Waals surface area contributed by atoms with Gasteiger partial charge < -0.3 is 4.74 Å². The van der Waals surface area contributed by atoms with E-state index in [0.29, 0.717) is 0 Å². The maximum absolute atomic E-state index is 5.98. The minimum Gasteiger partial charge on any atom is -0.494 e. The maximum atomic E-state index is 5.98. The molecule has 40 heavy (non-hydrogen) atoms. The molecular formula is C37H60N2O. The second kappa shape index (κ2) is 20.9. The van der Waals surface area contributed by atoms with E-state index in [1.807, 2.05) is 12.4 Å². The van der Waals surface area contributed by atoms with Crippen molar-refractivity contribution in [3.8, 4) is 17.1 Å². The largest absolute Gasteiger partial charge is 0.494 e. The van der Waals surface area contributed by atoms with Crippen molar-refractivity contribution in [1.82, 2.24) is 9.97 Å². The molecule has 3 heteroatoms. The molecule has 0 N–H and O–H groups in total. The topological polar surface area (TPSA) is 35.0 Å². The predicted molar refractivity (Wildman–Crippen MR) is 172 cm³/mol. The molecule has 1 fully saturated rings. The van der Waals surface area contributed by atoms with Crippen LogP contribution in [-0.2, 0) is 6.42 Å². The second-order valence-electron chi connectivity index (χ2n) is 12.6. The number of rotatable bonds is 22. The van der Waals surface area contributed by atoms with Crippen LogP contribution in [0.2, 0.25) is 0 Å². The van der Waals surface area contributed by atoms with Crippen LogP contribution in [0, 0.1) is 11.8 Å². The first-order valence-corrected chi connectivity index (χ1v) is 17.3. The van der Waals surface area contributed by atoms with Crippen LogP contribution < -0.4 is 4.74 Å². The molecule has 224 valence electrons. The van der Waals surface area contributed by atoms with E-state index >= 15 is 0 Å². The fourth-order valence-electron chi connectivity index (χ4n) is 6.33. The Morgan fingerprint density at radius 2 is 1.10 bits per heavy atom. The van der Waals surface area contributed by atoms with Crippen molar-refractivity contribution in [2.24, 2.45) is 11.8 Å².